The van der Waals surface area contributed by atoms with E-state index in [-0.39, 0.29) is 19.4 Å². The maximum absolute atomic E-state index is 12.4. The third kappa shape index (κ3) is 39.4. The molecule has 0 bridgehead atoms. The summed E-state index contributed by atoms with van der Waals surface area (Å²) in [5.74, 6) is -0.878. The van der Waals surface area contributed by atoms with E-state index >= 15 is 0 Å². The number of esters is 2. The van der Waals surface area contributed by atoms with E-state index in [9.17, 15) is 14.2 Å². The Morgan fingerprint density at radius 1 is 0.510 bits per heavy atom. The second-order valence-corrected chi connectivity index (χ2v) is 15.2. The summed E-state index contributed by atoms with van der Waals surface area (Å²) >= 11 is 0. The van der Waals surface area contributed by atoms with E-state index < -0.39 is 32.5 Å². The molecule has 0 aliphatic heterocycles. The van der Waals surface area contributed by atoms with Crippen LogP contribution in [0, 0.1) is 0 Å². The smallest absolute Gasteiger partial charge is 0.462 e. The first-order valence-electron chi connectivity index (χ1n) is 20.5. The van der Waals surface area contributed by atoms with Gasteiger partial charge < -0.3 is 19.3 Å². The summed E-state index contributed by atoms with van der Waals surface area (Å²) in [6.45, 7) is 3.68. The molecule has 9 heteroatoms. The Kier molecular flexibility index (Phi) is 35.7. The lowest BCUT2D eigenvalue weighted by molar-refractivity contribution is -0.161. The van der Waals surface area contributed by atoms with Crippen LogP contribution in [-0.4, -0.2) is 41.0 Å². The topological polar surface area (TPSA) is 119 Å². The van der Waals surface area contributed by atoms with Gasteiger partial charge in [-0.15, -0.1) is 0 Å². The molecule has 0 radical (unpaired) electrons. The van der Waals surface area contributed by atoms with E-state index in [1.54, 1.807) is 0 Å². The number of rotatable bonds is 38. The molecule has 0 fully saturated rings. The second kappa shape index (κ2) is 36.6. The highest BCUT2D eigenvalue weighted by Crippen LogP contribution is 2.36. The van der Waals surface area contributed by atoms with Gasteiger partial charge in [0.1, 0.15) is 6.61 Å². The predicted molar refractivity (Wildman–Crippen MR) is 202 cm³/mol. The molecule has 2 N–H and O–H groups in total. The van der Waals surface area contributed by atoms with Crippen molar-refractivity contribution in [3.05, 3.63) is 12.2 Å². The Hall–Kier alpha value is -1.21. The van der Waals surface area contributed by atoms with Gasteiger partial charge in [-0.1, -0.05) is 174 Å². The molecule has 0 amide bonds. The highest BCUT2D eigenvalue weighted by atomic mass is 31.2. The van der Waals surface area contributed by atoms with E-state index in [0.29, 0.717) is 6.42 Å². The minimum Gasteiger partial charge on any atom is -0.462 e. The van der Waals surface area contributed by atoms with Crippen molar-refractivity contribution in [3.63, 3.8) is 0 Å². The molecule has 8 nitrogen and oxygen atoms in total. The first-order valence-corrected chi connectivity index (χ1v) is 22.0. The third-order valence-electron chi connectivity index (χ3n) is 9.03. The van der Waals surface area contributed by atoms with Gasteiger partial charge in [-0.25, -0.2) is 4.57 Å². The first-order chi connectivity index (χ1) is 23.8. The number of ether oxygens (including phenoxy) is 2. The van der Waals surface area contributed by atoms with Crippen molar-refractivity contribution >= 4 is 19.8 Å². The molecular weight excluding hydrogens is 639 g/mol. The fourth-order valence-electron chi connectivity index (χ4n) is 5.96. The fraction of sp³-hybridized carbons (Fsp3) is 0.900. The van der Waals surface area contributed by atoms with Gasteiger partial charge in [-0.05, 0) is 38.5 Å². The highest BCUT2D eigenvalue weighted by Gasteiger charge is 2.22. The molecule has 1 atom stereocenters. The normalized spacial score (nSPS) is 12.5. The molecule has 0 aromatic carbocycles. The van der Waals surface area contributed by atoms with E-state index in [1.807, 2.05) is 0 Å². The Morgan fingerprint density at radius 3 is 1.24 bits per heavy atom. The molecule has 0 aliphatic carbocycles. The van der Waals surface area contributed by atoms with Crippen molar-refractivity contribution in [2.75, 3.05) is 13.2 Å². The molecule has 0 unspecified atom stereocenters. The van der Waals surface area contributed by atoms with Crippen LogP contribution >= 0.6 is 7.82 Å². The Morgan fingerprint density at radius 2 is 0.857 bits per heavy atom. The molecule has 0 rings (SSSR count). The lowest BCUT2D eigenvalue weighted by atomic mass is 10.0. The molecular formula is C40H77O8P. The van der Waals surface area contributed by atoms with E-state index in [0.717, 1.165) is 38.5 Å². The van der Waals surface area contributed by atoms with Crippen LogP contribution in [0.5, 0.6) is 0 Å². The van der Waals surface area contributed by atoms with Gasteiger partial charge in [0, 0.05) is 12.8 Å². The van der Waals surface area contributed by atoms with Crippen molar-refractivity contribution < 1.29 is 37.9 Å². The Bertz CT molecular complexity index is 812. The minimum atomic E-state index is -4.74. The number of hydrogen-bond acceptors (Lipinski definition) is 6. The average molecular weight is 717 g/mol. The lowest BCUT2D eigenvalue weighted by Crippen LogP contribution is -2.29. The Labute approximate surface area is 301 Å². The van der Waals surface area contributed by atoms with Gasteiger partial charge in [0.2, 0.25) is 0 Å². The minimum absolute atomic E-state index is 0.215. The standard InChI is InChI=1S/C40H77O8P/c1-3-5-7-9-11-13-15-16-17-18-19-20-21-22-23-24-25-27-29-31-33-35-40(42)48-38(37-47-49(43,44)45)36-46-39(41)34-32-30-28-26-14-12-10-8-6-4-2/h16-17,38H,3-15,18-37H2,1-2H3,(H2,43,44,45)/b17-16+/t38-/m1/s1. The number of phosphoric ester groups is 1. The zero-order valence-corrected chi connectivity index (χ0v) is 32.8. The molecule has 0 spiro atoms. The summed E-state index contributed by atoms with van der Waals surface area (Å²) in [5.41, 5.74) is 0. The zero-order chi connectivity index (χ0) is 36.1. The number of carbonyl (C=O) groups is 2. The van der Waals surface area contributed by atoms with E-state index in [4.69, 9.17) is 19.3 Å². The Balaban J connectivity index is 3.83. The summed E-state index contributed by atoms with van der Waals surface area (Å²) in [5, 5.41) is 0. The number of carbonyl (C=O) groups excluding carboxylic acids is 2. The van der Waals surface area contributed by atoms with Crippen molar-refractivity contribution in [2.24, 2.45) is 0 Å². The van der Waals surface area contributed by atoms with Crippen molar-refractivity contribution in [1.29, 1.82) is 0 Å². The van der Waals surface area contributed by atoms with Crippen LogP contribution in [0.25, 0.3) is 0 Å². The van der Waals surface area contributed by atoms with Gasteiger partial charge >= 0.3 is 19.8 Å². The second-order valence-electron chi connectivity index (χ2n) is 14.0. The average Bonchev–Trinajstić information content (AvgIpc) is 3.07. The summed E-state index contributed by atoms with van der Waals surface area (Å²) < 4.78 is 26.3. The van der Waals surface area contributed by atoms with Crippen LogP contribution in [0.2, 0.25) is 0 Å². The lowest BCUT2D eigenvalue weighted by Gasteiger charge is -2.18. The quantitative estimate of drug-likeness (QED) is 0.0280. The summed E-state index contributed by atoms with van der Waals surface area (Å²) in [6, 6.07) is 0. The van der Waals surface area contributed by atoms with Gasteiger partial charge in [0.05, 0.1) is 6.61 Å². The molecule has 290 valence electrons. The zero-order valence-electron chi connectivity index (χ0n) is 31.9. The van der Waals surface area contributed by atoms with Gasteiger partial charge in [-0.2, -0.15) is 0 Å². The first kappa shape index (κ1) is 47.8. The molecule has 0 aromatic rings. The maximum atomic E-state index is 12.4. The van der Waals surface area contributed by atoms with Crippen molar-refractivity contribution in [2.45, 2.75) is 219 Å². The molecule has 0 aromatic heterocycles. The molecule has 0 saturated heterocycles. The highest BCUT2D eigenvalue weighted by molar-refractivity contribution is 7.46. The molecule has 0 heterocycles. The maximum Gasteiger partial charge on any atom is 0.469 e. The van der Waals surface area contributed by atoms with Crippen molar-refractivity contribution in [1.82, 2.24) is 0 Å². The van der Waals surface area contributed by atoms with E-state index in [1.165, 1.54) is 141 Å². The largest absolute Gasteiger partial charge is 0.469 e. The number of phosphoric acid groups is 1. The summed E-state index contributed by atoms with van der Waals surface area (Å²) in [4.78, 5) is 42.7. The van der Waals surface area contributed by atoms with Crippen LogP contribution in [0.15, 0.2) is 12.2 Å². The van der Waals surface area contributed by atoms with Crippen LogP contribution in [0.4, 0.5) is 0 Å². The van der Waals surface area contributed by atoms with Gasteiger partial charge in [0.15, 0.2) is 6.10 Å². The number of hydrogen-bond donors (Lipinski definition) is 2. The van der Waals surface area contributed by atoms with Gasteiger partial charge in [0.25, 0.3) is 0 Å². The monoisotopic (exact) mass is 717 g/mol. The predicted octanol–water partition coefficient (Wildman–Crippen LogP) is 12.2. The van der Waals surface area contributed by atoms with Crippen molar-refractivity contribution in [3.8, 4) is 0 Å². The SMILES string of the molecule is CCCCCCCC/C=C/CCCCCCCCCCCCCC(=O)O[C@H](COC(=O)CCCCCCCCCCCC)COP(=O)(O)O. The third-order valence-corrected chi connectivity index (χ3v) is 9.52. The summed E-state index contributed by atoms with van der Waals surface area (Å²) in [7, 11) is -4.74. The van der Waals surface area contributed by atoms with Crippen LogP contribution in [0.1, 0.15) is 213 Å². The fourth-order valence-corrected chi connectivity index (χ4v) is 6.32. The number of unbranched alkanes of at least 4 members (excludes halogenated alkanes) is 26. The van der Waals surface area contributed by atoms with Crippen LogP contribution < -0.4 is 0 Å². The molecule has 0 aliphatic rings. The summed E-state index contributed by atoms with van der Waals surface area (Å²) in [6.07, 6.45) is 39.4. The van der Waals surface area contributed by atoms with Gasteiger partial charge in [-0.3, -0.25) is 14.1 Å². The van der Waals surface area contributed by atoms with Crippen LogP contribution in [-0.2, 0) is 28.2 Å². The number of allylic oxidation sites excluding steroid dienone is 2. The molecule has 49 heavy (non-hydrogen) atoms. The van der Waals surface area contributed by atoms with E-state index in [2.05, 4.69) is 30.5 Å². The van der Waals surface area contributed by atoms with Crippen LogP contribution in [0.3, 0.4) is 0 Å². The molecule has 0 saturated carbocycles.